The molecule has 1 aromatic carbocycles. The number of nitrogens with zero attached hydrogens (tertiary/aromatic N) is 3. The van der Waals surface area contributed by atoms with Crippen LogP contribution >= 0.6 is 11.6 Å². The molecule has 1 aliphatic heterocycles. The van der Waals surface area contributed by atoms with Gasteiger partial charge in [0.15, 0.2) is 0 Å². The molecule has 0 atom stereocenters. The predicted molar refractivity (Wildman–Crippen MR) is 106 cm³/mol. The predicted octanol–water partition coefficient (Wildman–Crippen LogP) is 2.11. The summed E-state index contributed by atoms with van der Waals surface area (Å²) in [5, 5.41) is 12.8. The van der Waals surface area contributed by atoms with Gasteiger partial charge >= 0.3 is 0 Å². The van der Waals surface area contributed by atoms with E-state index in [-0.39, 0.29) is 22.6 Å². The van der Waals surface area contributed by atoms with Crippen molar-refractivity contribution in [3.05, 3.63) is 57.9 Å². The minimum atomic E-state index is -0.102. The highest BCUT2D eigenvalue weighted by atomic mass is 35.5. The number of aromatic hydroxyl groups is 1. The van der Waals surface area contributed by atoms with Crippen molar-refractivity contribution in [2.24, 2.45) is 7.05 Å². The number of phenolic OH excluding ortho intramolecular Hbond substituents is 1. The van der Waals surface area contributed by atoms with Crippen LogP contribution < -0.4 is 11.1 Å². The molecule has 3 heterocycles. The summed E-state index contributed by atoms with van der Waals surface area (Å²) < 4.78 is 1.94. The number of hydrogen-bond donors (Lipinski definition) is 3. The van der Waals surface area contributed by atoms with Crippen LogP contribution in [0, 0.1) is 11.8 Å². The quantitative estimate of drug-likeness (QED) is 0.549. The molecule has 28 heavy (non-hydrogen) atoms. The largest absolute Gasteiger partial charge is 0.506 e. The highest BCUT2D eigenvalue weighted by Crippen LogP contribution is 2.28. The van der Waals surface area contributed by atoms with Gasteiger partial charge in [0.1, 0.15) is 11.4 Å². The lowest BCUT2D eigenvalue weighted by Crippen LogP contribution is -2.31. The number of halogens is 1. The van der Waals surface area contributed by atoms with Gasteiger partial charge in [0.2, 0.25) is 5.95 Å². The standard InChI is InChI=1S/C20H16ClN5O2/c1-26-15-6-7-23-19(28)13(15)9-16(26)18-12(10-24-20(22)25-18)4-2-11-3-5-14(21)17(27)8-11/h3,5,8-10,27H,6-7H2,1H3,(H,23,28)(H2,22,24,25). The van der Waals surface area contributed by atoms with Crippen molar-refractivity contribution in [3.8, 4) is 29.0 Å². The Morgan fingerprint density at radius 2 is 2.14 bits per heavy atom. The Labute approximate surface area is 166 Å². The van der Waals surface area contributed by atoms with E-state index in [9.17, 15) is 9.90 Å². The molecular formula is C20H16ClN5O2. The number of phenols is 1. The van der Waals surface area contributed by atoms with Crippen molar-refractivity contribution in [2.75, 3.05) is 12.3 Å². The summed E-state index contributed by atoms with van der Waals surface area (Å²) in [6.07, 6.45) is 2.29. The molecule has 4 N–H and O–H groups in total. The Bertz CT molecular complexity index is 1170. The molecule has 2 aromatic heterocycles. The van der Waals surface area contributed by atoms with E-state index >= 15 is 0 Å². The zero-order valence-electron chi connectivity index (χ0n) is 15.0. The monoisotopic (exact) mass is 393 g/mol. The number of carbonyl (C=O) groups is 1. The van der Waals surface area contributed by atoms with E-state index < -0.39 is 0 Å². The van der Waals surface area contributed by atoms with Crippen LogP contribution in [0.4, 0.5) is 5.95 Å². The molecule has 0 unspecified atom stereocenters. The van der Waals surface area contributed by atoms with Gasteiger partial charge in [-0.2, -0.15) is 0 Å². The first-order valence-electron chi connectivity index (χ1n) is 8.54. The van der Waals surface area contributed by atoms with Crippen LogP contribution in [-0.4, -0.2) is 32.1 Å². The second kappa shape index (κ2) is 6.91. The first-order chi connectivity index (χ1) is 13.4. The van der Waals surface area contributed by atoms with Gasteiger partial charge in [-0.15, -0.1) is 0 Å². The number of carbonyl (C=O) groups excluding carboxylic acids is 1. The minimum absolute atomic E-state index is 0.0385. The smallest absolute Gasteiger partial charge is 0.253 e. The molecule has 1 aliphatic rings. The summed E-state index contributed by atoms with van der Waals surface area (Å²) in [5.41, 5.74) is 9.80. The average Bonchev–Trinajstić information content (AvgIpc) is 3.01. The van der Waals surface area contributed by atoms with E-state index in [2.05, 4.69) is 27.1 Å². The van der Waals surface area contributed by atoms with Crippen molar-refractivity contribution in [1.82, 2.24) is 19.9 Å². The molecule has 7 nitrogen and oxygen atoms in total. The van der Waals surface area contributed by atoms with Gasteiger partial charge < -0.3 is 20.7 Å². The third kappa shape index (κ3) is 3.15. The number of amides is 1. The Balaban J connectivity index is 1.82. The fourth-order valence-electron chi connectivity index (χ4n) is 3.17. The van der Waals surface area contributed by atoms with E-state index in [0.29, 0.717) is 28.9 Å². The number of nitrogen functional groups attached to an aromatic ring is 1. The molecule has 1 amide bonds. The Kier molecular flexibility index (Phi) is 4.41. The topological polar surface area (TPSA) is 106 Å². The number of fused-ring (bicyclic) bond motifs is 1. The first-order valence-corrected chi connectivity index (χ1v) is 8.92. The molecule has 8 heteroatoms. The van der Waals surface area contributed by atoms with Crippen LogP contribution in [0.3, 0.4) is 0 Å². The fourth-order valence-corrected chi connectivity index (χ4v) is 3.29. The average molecular weight is 394 g/mol. The molecule has 0 radical (unpaired) electrons. The number of rotatable bonds is 1. The zero-order valence-corrected chi connectivity index (χ0v) is 15.7. The van der Waals surface area contributed by atoms with Gasteiger partial charge in [0.05, 0.1) is 21.8 Å². The van der Waals surface area contributed by atoms with Gasteiger partial charge in [0.25, 0.3) is 5.91 Å². The van der Waals surface area contributed by atoms with Gasteiger partial charge in [-0.3, -0.25) is 4.79 Å². The molecule has 4 rings (SSSR count). The summed E-state index contributed by atoms with van der Waals surface area (Å²) in [7, 11) is 1.89. The molecule has 3 aromatic rings. The fraction of sp³-hybridized carbons (Fsp3) is 0.150. The third-order valence-electron chi connectivity index (χ3n) is 4.59. The van der Waals surface area contributed by atoms with Gasteiger partial charge in [-0.1, -0.05) is 23.4 Å². The summed E-state index contributed by atoms with van der Waals surface area (Å²) in [5.74, 6) is 5.97. The van der Waals surface area contributed by atoms with E-state index in [1.54, 1.807) is 24.4 Å². The molecule has 140 valence electrons. The third-order valence-corrected chi connectivity index (χ3v) is 4.91. The van der Waals surface area contributed by atoms with Crippen LogP contribution in [0.1, 0.15) is 27.2 Å². The van der Waals surface area contributed by atoms with Gasteiger partial charge in [-0.25, -0.2) is 9.97 Å². The summed E-state index contributed by atoms with van der Waals surface area (Å²) >= 11 is 5.83. The van der Waals surface area contributed by atoms with Gasteiger partial charge in [0, 0.05) is 37.5 Å². The summed E-state index contributed by atoms with van der Waals surface area (Å²) in [4.78, 5) is 20.6. The Morgan fingerprint density at radius 3 is 2.89 bits per heavy atom. The normalized spacial score (nSPS) is 12.7. The van der Waals surface area contributed by atoms with Crippen LogP contribution in [0.15, 0.2) is 30.5 Å². The lowest BCUT2D eigenvalue weighted by molar-refractivity contribution is 0.0945. The van der Waals surface area contributed by atoms with Crippen molar-refractivity contribution in [3.63, 3.8) is 0 Å². The number of aromatic nitrogens is 3. The van der Waals surface area contributed by atoms with Crippen LogP contribution in [0.2, 0.25) is 5.02 Å². The second-order valence-electron chi connectivity index (χ2n) is 6.36. The lowest BCUT2D eigenvalue weighted by atomic mass is 10.1. The number of nitrogens with two attached hydrogens (primary N) is 1. The molecule has 0 bridgehead atoms. The number of anilines is 1. The van der Waals surface area contributed by atoms with Crippen LogP contribution in [0.25, 0.3) is 11.4 Å². The van der Waals surface area contributed by atoms with Gasteiger partial charge in [-0.05, 0) is 24.3 Å². The molecule has 0 aliphatic carbocycles. The number of benzene rings is 1. The lowest BCUT2D eigenvalue weighted by Gasteiger charge is -2.14. The minimum Gasteiger partial charge on any atom is -0.506 e. The maximum atomic E-state index is 12.2. The summed E-state index contributed by atoms with van der Waals surface area (Å²) in [6, 6.07) is 6.56. The van der Waals surface area contributed by atoms with E-state index in [1.807, 2.05) is 11.6 Å². The maximum Gasteiger partial charge on any atom is 0.253 e. The highest BCUT2D eigenvalue weighted by molar-refractivity contribution is 6.32. The molecule has 0 fully saturated rings. The first kappa shape index (κ1) is 17.9. The van der Waals surface area contributed by atoms with Crippen molar-refractivity contribution in [2.45, 2.75) is 6.42 Å². The van der Waals surface area contributed by atoms with Crippen LogP contribution in [0.5, 0.6) is 5.75 Å². The van der Waals surface area contributed by atoms with E-state index in [0.717, 1.165) is 17.8 Å². The van der Waals surface area contributed by atoms with Crippen molar-refractivity contribution in [1.29, 1.82) is 0 Å². The SMILES string of the molecule is Cn1c(-c2nc(N)ncc2C#Cc2ccc(Cl)c(O)c2)cc2c1CCNC2=O. The van der Waals surface area contributed by atoms with Crippen LogP contribution in [-0.2, 0) is 13.5 Å². The Morgan fingerprint density at radius 1 is 1.32 bits per heavy atom. The molecular weight excluding hydrogens is 378 g/mol. The van der Waals surface area contributed by atoms with Crippen molar-refractivity contribution >= 4 is 23.5 Å². The molecule has 0 saturated heterocycles. The number of nitrogens with one attached hydrogen (secondary N) is 1. The number of hydrogen-bond acceptors (Lipinski definition) is 5. The molecule has 0 saturated carbocycles. The Hall–Kier alpha value is -3.50. The van der Waals surface area contributed by atoms with Crippen molar-refractivity contribution < 1.29 is 9.90 Å². The molecule has 0 spiro atoms. The zero-order chi connectivity index (χ0) is 19.8. The summed E-state index contributed by atoms with van der Waals surface area (Å²) in [6.45, 7) is 0.599. The van der Waals surface area contributed by atoms with E-state index in [1.165, 1.54) is 6.07 Å². The maximum absolute atomic E-state index is 12.2. The highest BCUT2D eigenvalue weighted by Gasteiger charge is 2.24. The van der Waals surface area contributed by atoms with E-state index in [4.69, 9.17) is 17.3 Å². The second-order valence-corrected chi connectivity index (χ2v) is 6.77.